The topological polar surface area (TPSA) is 44.6 Å². The molecule has 3 aliphatic rings. The minimum absolute atomic E-state index is 0.0770. The number of carbonyl (C=O) groups is 1. The lowest BCUT2D eigenvalue weighted by Crippen LogP contribution is -2.33. The molecule has 7 atom stereocenters. The lowest BCUT2D eigenvalue weighted by atomic mass is 9.81. The molecule has 0 N–H and O–H groups in total. The molecule has 3 fully saturated rings. The van der Waals surface area contributed by atoms with E-state index in [9.17, 15) is 4.79 Å². The molecule has 0 bridgehead atoms. The molecule has 0 saturated carbocycles. The summed E-state index contributed by atoms with van der Waals surface area (Å²) in [5.74, 6) is 0.783. The molecule has 6 nitrogen and oxygen atoms in total. The van der Waals surface area contributed by atoms with Gasteiger partial charge < -0.3 is 9.47 Å². The predicted octanol–water partition coefficient (Wildman–Crippen LogP) is 3.91. The standard InChI is InChI=1S/C26H47N3O3/c1-6-26(12-8-7-9-13-27-16-21(27)2,19-31-24(5)10-14-28-17-22(28)3)20-32-25(30)11-15-29-18-23(29)4/h21-23H,5-20H2,1-4H3. The Balaban J connectivity index is 1.41. The molecule has 0 spiro atoms. The summed E-state index contributed by atoms with van der Waals surface area (Å²) in [5.41, 5.74) is -0.119. The Labute approximate surface area is 196 Å². The first-order chi connectivity index (χ1) is 15.3. The number of rotatable bonds is 18. The molecule has 7 unspecified atom stereocenters. The summed E-state index contributed by atoms with van der Waals surface area (Å²) in [4.78, 5) is 19.6. The second kappa shape index (κ2) is 11.8. The second-order valence-corrected chi connectivity index (χ2v) is 10.7. The summed E-state index contributed by atoms with van der Waals surface area (Å²) in [6.07, 6.45) is 6.97. The summed E-state index contributed by atoms with van der Waals surface area (Å²) in [7, 11) is 0. The van der Waals surface area contributed by atoms with Crippen LogP contribution in [0.3, 0.4) is 0 Å². The van der Waals surface area contributed by atoms with Gasteiger partial charge in [-0.3, -0.25) is 19.5 Å². The van der Waals surface area contributed by atoms with Crippen LogP contribution in [0.2, 0.25) is 0 Å². The molecule has 0 aromatic heterocycles. The van der Waals surface area contributed by atoms with Crippen molar-refractivity contribution < 1.29 is 14.3 Å². The van der Waals surface area contributed by atoms with Crippen molar-refractivity contribution in [2.24, 2.45) is 5.41 Å². The van der Waals surface area contributed by atoms with Gasteiger partial charge in [0.05, 0.1) is 18.8 Å². The number of carbonyl (C=O) groups excluding carboxylic acids is 1. The van der Waals surface area contributed by atoms with Crippen LogP contribution in [0.4, 0.5) is 0 Å². The van der Waals surface area contributed by atoms with Crippen LogP contribution in [0.15, 0.2) is 12.3 Å². The first kappa shape index (κ1) is 25.5. The van der Waals surface area contributed by atoms with Gasteiger partial charge in [0.2, 0.25) is 0 Å². The summed E-state index contributed by atoms with van der Waals surface area (Å²) in [6, 6.07) is 2.12. The van der Waals surface area contributed by atoms with Crippen LogP contribution in [0.25, 0.3) is 0 Å². The van der Waals surface area contributed by atoms with Crippen LogP contribution >= 0.6 is 0 Å². The van der Waals surface area contributed by atoms with Crippen molar-refractivity contribution in [1.29, 1.82) is 0 Å². The molecular weight excluding hydrogens is 402 g/mol. The fraction of sp³-hybridized carbons (Fsp3) is 0.885. The fourth-order valence-corrected chi connectivity index (χ4v) is 4.51. The SMILES string of the molecule is C=C(CCN1CC1C)OCC(CC)(CCCCCN1CC1C)COC(=O)CCN1CC1C. The van der Waals surface area contributed by atoms with Crippen LogP contribution < -0.4 is 0 Å². The van der Waals surface area contributed by atoms with E-state index in [0.717, 1.165) is 57.1 Å². The zero-order valence-electron chi connectivity index (χ0n) is 21.1. The Bertz CT molecular complexity index is 589. The molecule has 0 aromatic rings. The maximum atomic E-state index is 12.4. The Morgan fingerprint density at radius 3 is 1.94 bits per heavy atom. The van der Waals surface area contributed by atoms with Gasteiger partial charge in [-0.1, -0.05) is 26.3 Å². The lowest BCUT2D eigenvalue weighted by molar-refractivity contribution is -0.149. The highest BCUT2D eigenvalue weighted by atomic mass is 16.5. The molecule has 3 heterocycles. The third-order valence-electron chi connectivity index (χ3n) is 7.77. The average Bonchev–Trinajstić information content (AvgIpc) is 3.72. The fourth-order valence-electron chi connectivity index (χ4n) is 4.51. The molecule has 3 saturated heterocycles. The zero-order valence-corrected chi connectivity index (χ0v) is 21.1. The Morgan fingerprint density at radius 1 is 0.844 bits per heavy atom. The Kier molecular flexibility index (Phi) is 9.44. The van der Waals surface area contributed by atoms with Gasteiger partial charge in [0.15, 0.2) is 0 Å². The summed E-state index contributed by atoms with van der Waals surface area (Å²) in [5, 5.41) is 0. The molecule has 184 valence electrons. The van der Waals surface area contributed by atoms with E-state index in [2.05, 4.69) is 49.0 Å². The molecule has 0 aliphatic carbocycles. The molecule has 0 radical (unpaired) electrons. The van der Waals surface area contributed by atoms with E-state index in [1.165, 1.54) is 32.5 Å². The van der Waals surface area contributed by atoms with E-state index < -0.39 is 0 Å². The van der Waals surface area contributed by atoms with Crippen LogP contribution in [-0.4, -0.2) is 91.3 Å². The van der Waals surface area contributed by atoms with Gasteiger partial charge in [-0.05, 0) is 46.6 Å². The van der Waals surface area contributed by atoms with Crippen molar-refractivity contribution in [2.75, 3.05) is 52.5 Å². The van der Waals surface area contributed by atoms with Gasteiger partial charge in [-0.15, -0.1) is 0 Å². The highest BCUT2D eigenvalue weighted by Gasteiger charge is 2.33. The normalized spacial score (nSPS) is 32.1. The van der Waals surface area contributed by atoms with Gasteiger partial charge in [-0.2, -0.15) is 0 Å². The van der Waals surface area contributed by atoms with Gasteiger partial charge in [0, 0.05) is 62.7 Å². The molecular formula is C26H47N3O3. The second-order valence-electron chi connectivity index (χ2n) is 10.7. The molecule has 6 heteroatoms. The van der Waals surface area contributed by atoms with Crippen LogP contribution in [-0.2, 0) is 14.3 Å². The van der Waals surface area contributed by atoms with E-state index in [1.807, 2.05) is 0 Å². The highest BCUT2D eigenvalue weighted by molar-refractivity contribution is 5.69. The smallest absolute Gasteiger partial charge is 0.307 e. The Hall–Kier alpha value is -1.11. The van der Waals surface area contributed by atoms with Crippen molar-refractivity contribution in [3.63, 3.8) is 0 Å². The monoisotopic (exact) mass is 449 g/mol. The van der Waals surface area contributed by atoms with Crippen molar-refractivity contribution in [3.8, 4) is 0 Å². The quantitative estimate of drug-likeness (QED) is 0.137. The molecule has 3 rings (SSSR count). The van der Waals surface area contributed by atoms with Crippen molar-refractivity contribution >= 4 is 5.97 Å². The number of unbranched alkanes of at least 4 members (excludes halogenated alkanes) is 2. The van der Waals surface area contributed by atoms with Gasteiger partial charge in [0.1, 0.15) is 6.61 Å². The highest BCUT2D eigenvalue weighted by Crippen LogP contribution is 2.32. The van der Waals surface area contributed by atoms with E-state index in [4.69, 9.17) is 9.47 Å². The number of ether oxygens (including phenoxy) is 2. The third-order valence-corrected chi connectivity index (χ3v) is 7.77. The number of hydrogen-bond donors (Lipinski definition) is 0. The van der Waals surface area contributed by atoms with E-state index in [0.29, 0.717) is 31.7 Å². The molecule has 3 aliphatic heterocycles. The van der Waals surface area contributed by atoms with Gasteiger partial charge in [0.25, 0.3) is 0 Å². The molecule has 0 aromatic carbocycles. The first-order valence-electron chi connectivity index (χ1n) is 13.0. The summed E-state index contributed by atoms with van der Waals surface area (Å²) in [6.45, 7) is 20.8. The largest absolute Gasteiger partial charge is 0.498 e. The van der Waals surface area contributed by atoms with E-state index in [-0.39, 0.29) is 11.4 Å². The third kappa shape index (κ3) is 8.68. The lowest BCUT2D eigenvalue weighted by Gasteiger charge is -2.32. The van der Waals surface area contributed by atoms with Crippen molar-refractivity contribution in [3.05, 3.63) is 12.3 Å². The molecule has 32 heavy (non-hydrogen) atoms. The Morgan fingerprint density at radius 2 is 1.38 bits per heavy atom. The number of esters is 1. The summed E-state index contributed by atoms with van der Waals surface area (Å²) >= 11 is 0. The van der Waals surface area contributed by atoms with Crippen LogP contribution in [0.1, 0.15) is 72.6 Å². The minimum atomic E-state index is -0.119. The van der Waals surface area contributed by atoms with E-state index in [1.54, 1.807) is 0 Å². The zero-order chi connectivity index (χ0) is 23.1. The van der Waals surface area contributed by atoms with Gasteiger partial charge >= 0.3 is 5.97 Å². The average molecular weight is 450 g/mol. The maximum absolute atomic E-state index is 12.4. The maximum Gasteiger partial charge on any atom is 0.307 e. The first-order valence-corrected chi connectivity index (χ1v) is 13.0. The molecule has 0 amide bonds. The summed E-state index contributed by atoms with van der Waals surface area (Å²) < 4.78 is 12.0. The van der Waals surface area contributed by atoms with Crippen molar-refractivity contribution in [2.45, 2.75) is 90.8 Å². The number of nitrogens with zero attached hydrogens (tertiary/aromatic N) is 3. The van der Waals surface area contributed by atoms with Crippen LogP contribution in [0.5, 0.6) is 0 Å². The minimum Gasteiger partial charge on any atom is -0.498 e. The van der Waals surface area contributed by atoms with Crippen LogP contribution in [0, 0.1) is 5.41 Å². The van der Waals surface area contributed by atoms with Gasteiger partial charge in [-0.25, -0.2) is 0 Å². The number of hydrogen-bond acceptors (Lipinski definition) is 6. The van der Waals surface area contributed by atoms with E-state index >= 15 is 0 Å². The van der Waals surface area contributed by atoms with Crippen molar-refractivity contribution in [1.82, 2.24) is 14.7 Å². The predicted molar refractivity (Wildman–Crippen MR) is 130 cm³/mol.